The highest BCUT2D eigenvalue weighted by atomic mass is 14.3. The molecule has 0 N–H and O–H groups in total. The van der Waals surface area contributed by atoms with Crippen LogP contribution in [0.1, 0.15) is 52.4 Å². The molecule has 2 rings (SSSR count). The van der Waals surface area contributed by atoms with Gasteiger partial charge >= 0.3 is 0 Å². The molecule has 2 aliphatic rings. The first kappa shape index (κ1) is 8.65. The van der Waals surface area contributed by atoms with Gasteiger partial charge in [0.15, 0.2) is 0 Å². The fourth-order valence-electron chi connectivity index (χ4n) is 3.28. The monoisotopic (exact) mass is 163 g/mol. The van der Waals surface area contributed by atoms with E-state index in [1.165, 1.54) is 38.5 Å². The van der Waals surface area contributed by atoms with Crippen LogP contribution in [0.3, 0.4) is 0 Å². The normalized spacial score (nSPS) is 47.8. The summed E-state index contributed by atoms with van der Waals surface area (Å²) >= 11 is 0. The van der Waals surface area contributed by atoms with E-state index in [1.54, 1.807) is 0 Å². The Bertz CT molecular complexity index is 166. The average Bonchev–Trinajstić information content (AvgIpc) is 2.30. The Hall–Kier alpha value is 0.0649. The molecule has 0 aliphatic carbocycles. The molecule has 0 aromatic rings. The van der Waals surface area contributed by atoms with Crippen LogP contribution in [-0.2, 0) is 0 Å². The zero-order chi connectivity index (χ0) is 8.60. The van der Waals surface area contributed by atoms with Crippen molar-refractivity contribution in [3.63, 3.8) is 0 Å². The second-order valence-corrected chi connectivity index (χ2v) is 5.36. The van der Waals surface area contributed by atoms with Gasteiger partial charge in [-0.15, -0.1) is 0 Å². The van der Waals surface area contributed by atoms with Gasteiger partial charge in [-0.05, 0) is 5.92 Å². The maximum absolute atomic E-state index is 2.67. The lowest BCUT2D eigenvalue weighted by Gasteiger charge is -2.29. The first-order valence-electron chi connectivity index (χ1n) is 5.54. The van der Waals surface area contributed by atoms with Crippen molar-refractivity contribution < 1.29 is 0 Å². The molecule has 0 nitrogen and oxygen atoms in total. The van der Waals surface area contributed by atoms with Crippen molar-refractivity contribution in [3.8, 4) is 0 Å². The summed E-state index contributed by atoms with van der Waals surface area (Å²) in [5, 5.41) is 0.616. The van der Waals surface area contributed by atoms with Crippen LogP contribution in [0.2, 0.25) is 11.1 Å². The van der Waals surface area contributed by atoms with E-state index in [-0.39, 0.29) is 0 Å². The second-order valence-electron chi connectivity index (χ2n) is 5.36. The van der Waals surface area contributed by atoms with Gasteiger partial charge in [-0.2, -0.15) is 0 Å². The molecule has 0 saturated carbocycles. The fraction of sp³-hybridized carbons (Fsp3) is 1.00. The molecule has 2 heterocycles. The van der Waals surface area contributed by atoms with E-state index in [2.05, 4.69) is 21.1 Å². The Labute approximate surface area is 77.4 Å². The van der Waals surface area contributed by atoms with Crippen LogP contribution < -0.4 is 0 Å². The van der Waals surface area contributed by atoms with Crippen LogP contribution in [0.4, 0.5) is 0 Å². The predicted octanol–water partition coefficient (Wildman–Crippen LogP) is 3.66. The van der Waals surface area contributed by atoms with Gasteiger partial charge in [-0.25, -0.2) is 0 Å². The quantitative estimate of drug-likeness (QED) is 0.478. The lowest BCUT2D eigenvalue weighted by atomic mass is 9.47. The van der Waals surface area contributed by atoms with Crippen molar-refractivity contribution in [2.24, 2.45) is 5.92 Å². The van der Waals surface area contributed by atoms with Gasteiger partial charge in [0.05, 0.1) is 0 Å². The standard InChI is InChI=1S/C11H20B/c1-9-4-3-5-10-6-7-11(2,8-9)12-10/h9-10H,3-8H2,1-2H3. The number of hydrogen-bond acceptors (Lipinski definition) is 0. The Morgan fingerprint density at radius 2 is 2.08 bits per heavy atom. The van der Waals surface area contributed by atoms with E-state index in [0.29, 0.717) is 5.31 Å². The maximum atomic E-state index is 2.67. The van der Waals surface area contributed by atoms with Gasteiger partial charge in [0.2, 0.25) is 0 Å². The largest absolute Gasteiger partial charge is 0.121 e. The number of rotatable bonds is 0. The Balaban J connectivity index is 2.05. The minimum atomic E-state index is 0.616. The van der Waals surface area contributed by atoms with E-state index < -0.39 is 0 Å². The minimum absolute atomic E-state index is 0.616. The minimum Gasteiger partial charge on any atom is -0.0682 e. The number of hydrogen-bond donors (Lipinski definition) is 0. The smallest absolute Gasteiger partial charge is 0.0682 e. The zero-order valence-corrected chi connectivity index (χ0v) is 8.47. The fourth-order valence-corrected chi connectivity index (χ4v) is 3.28. The van der Waals surface area contributed by atoms with Gasteiger partial charge in [0, 0.05) is 0 Å². The summed E-state index contributed by atoms with van der Waals surface area (Å²) in [6, 6.07) is 0. The molecule has 2 aliphatic heterocycles. The summed E-state index contributed by atoms with van der Waals surface area (Å²) in [5.74, 6) is 1.94. The van der Waals surface area contributed by atoms with Crippen LogP contribution in [0, 0.1) is 5.92 Å². The predicted molar refractivity (Wildman–Crippen MR) is 54.7 cm³/mol. The summed E-state index contributed by atoms with van der Waals surface area (Å²) in [4.78, 5) is 0. The highest BCUT2D eigenvalue weighted by Gasteiger charge is 2.37. The molecule has 2 fully saturated rings. The third-order valence-corrected chi connectivity index (χ3v) is 3.81. The second kappa shape index (κ2) is 3.08. The molecule has 1 heteroatoms. The lowest BCUT2D eigenvalue weighted by Crippen LogP contribution is -2.18. The molecule has 0 aromatic carbocycles. The first-order chi connectivity index (χ1) is 5.68. The van der Waals surface area contributed by atoms with Crippen molar-refractivity contribution in [1.29, 1.82) is 0 Å². The molecular formula is C11H20B. The third kappa shape index (κ3) is 1.70. The van der Waals surface area contributed by atoms with E-state index in [0.717, 1.165) is 11.7 Å². The van der Waals surface area contributed by atoms with Crippen molar-refractivity contribution >= 4 is 7.28 Å². The molecule has 2 saturated heterocycles. The van der Waals surface area contributed by atoms with E-state index in [4.69, 9.17) is 0 Å². The van der Waals surface area contributed by atoms with Crippen molar-refractivity contribution in [1.82, 2.24) is 0 Å². The van der Waals surface area contributed by atoms with Crippen LogP contribution in [-0.4, -0.2) is 7.28 Å². The van der Waals surface area contributed by atoms with Crippen LogP contribution in [0.25, 0.3) is 0 Å². The molecule has 1 radical (unpaired) electrons. The van der Waals surface area contributed by atoms with Crippen LogP contribution in [0.5, 0.6) is 0 Å². The van der Waals surface area contributed by atoms with Gasteiger partial charge in [0.1, 0.15) is 7.28 Å². The Kier molecular flexibility index (Phi) is 2.22. The van der Waals surface area contributed by atoms with E-state index in [1.807, 2.05) is 0 Å². The van der Waals surface area contributed by atoms with Crippen LogP contribution in [0.15, 0.2) is 0 Å². The van der Waals surface area contributed by atoms with E-state index in [9.17, 15) is 0 Å². The summed E-state index contributed by atoms with van der Waals surface area (Å²) in [6.45, 7) is 4.90. The van der Waals surface area contributed by atoms with Gasteiger partial charge in [-0.3, -0.25) is 0 Å². The lowest BCUT2D eigenvalue weighted by molar-refractivity contribution is 0.396. The molecule has 67 valence electrons. The summed E-state index contributed by atoms with van der Waals surface area (Å²) in [5.41, 5.74) is 0. The van der Waals surface area contributed by atoms with Gasteiger partial charge in [-0.1, -0.05) is 63.5 Å². The average molecular weight is 163 g/mol. The highest BCUT2D eigenvalue weighted by Crippen LogP contribution is 2.51. The Morgan fingerprint density at radius 3 is 2.92 bits per heavy atom. The molecular weight excluding hydrogens is 143 g/mol. The highest BCUT2D eigenvalue weighted by molar-refractivity contribution is 6.43. The zero-order valence-electron chi connectivity index (χ0n) is 8.47. The topological polar surface area (TPSA) is 0 Å². The van der Waals surface area contributed by atoms with Crippen molar-refractivity contribution in [3.05, 3.63) is 0 Å². The van der Waals surface area contributed by atoms with Gasteiger partial charge in [0.25, 0.3) is 0 Å². The molecule has 0 aromatic heterocycles. The first-order valence-corrected chi connectivity index (χ1v) is 5.54. The van der Waals surface area contributed by atoms with Crippen molar-refractivity contribution in [2.45, 2.75) is 63.5 Å². The van der Waals surface area contributed by atoms with E-state index >= 15 is 0 Å². The summed E-state index contributed by atoms with van der Waals surface area (Å²) in [7, 11) is 2.67. The Morgan fingerprint density at radius 1 is 1.25 bits per heavy atom. The van der Waals surface area contributed by atoms with Crippen LogP contribution >= 0.6 is 0 Å². The molecule has 3 atom stereocenters. The molecule has 2 bridgehead atoms. The third-order valence-electron chi connectivity index (χ3n) is 3.81. The molecule has 0 spiro atoms. The molecule has 0 amide bonds. The molecule has 3 unspecified atom stereocenters. The SMILES string of the molecule is CC1CCCC2[B]C(C)(CC2)C1. The maximum Gasteiger partial charge on any atom is 0.121 e. The molecule has 12 heavy (non-hydrogen) atoms. The van der Waals surface area contributed by atoms with Crippen molar-refractivity contribution in [2.75, 3.05) is 0 Å². The number of fused-ring (bicyclic) bond motifs is 2. The van der Waals surface area contributed by atoms with Gasteiger partial charge < -0.3 is 0 Å². The summed E-state index contributed by atoms with van der Waals surface area (Å²) < 4.78 is 0. The summed E-state index contributed by atoms with van der Waals surface area (Å²) in [6.07, 6.45) is 8.80.